The van der Waals surface area contributed by atoms with Crippen LogP contribution < -0.4 is 5.43 Å². The summed E-state index contributed by atoms with van der Waals surface area (Å²) in [6.45, 7) is 1.95. The molecule has 25 heavy (non-hydrogen) atoms. The zero-order chi connectivity index (χ0) is 17.8. The summed E-state index contributed by atoms with van der Waals surface area (Å²) in [5, 5.41) is 29.9. The first-order valence-corrected chi connectivity index (χ1v) is 7.41. The second-order valence-electron chi connectivity index (χ2n) is 5.29. The van der Waals surface area contributed by atoms with Gasteiger partial charge in [-0.1, -0.05) is 0 Å². The fourth-order valence-corrected chi connectivity index (χ4v) is 2.35. The molecule has 8 heteroatoms. The van der Waals surface area contributed by atoms with Crippen molar-refractivity contribution in [3.05, 3.63) is 48.4 Å². The number of rotatable bonds is 4. The van der Waals surface area contributed by atoms with E-state index in [1.165, 1.54) is 0 Å². The van der Waals surface area contributed by atoms with E-state index < -0.39 is 0 Å². The van der Waals surface area contributed by atoms with Crippen LogP contribution in [-0.2, 0) is 7.05 Å². The van der Waals surface area contributed by atoms with Crippen LogP contribution in [0.1, 0.15) is 5.69 Å². The van der Waals surface area contributed by atoms with Crippen molar-refractivity contribution in [2.75, 3.05) is 5.43 Å². The van der Waals surface area contributed by atoms with E-state index in [4.69, 9.17) is 10.5 Å². The van der Waals surface area contributed by atoms with Gasteiger partial charge in [0, 0.05) is 25.0 Å². The van der Waals surface area contributed by atoms with E-state index in [-0.39, 0.29) is 5.71 Å². The Hall–Kier alpha value is -3.91. The summed E-state index contributed by atoms with van der Waals surface area (Å²) >= 11 is 0. The van der Waals surface area contributed by atoms with Gasteiger partial charge in [0.1, 0.15) is 12.1 Å². The molecule has 0 aliphatic carbocycles. The molecule has 0 saturated carbocycles. The van der Waals surface area contributed by atoms with Crippen LogP contribution in [0.2, 0.25) is 0 Å². The van der Waals surface area contributed by atoms with Crippen molar-refractivity contribution in [2.24, 2.45) is 12.1 Å². The maximum atomic E-state index is 8.65. The van der Waals surface area contributed by atoms with Gasteiger partial charge in [-0.2, -0.15) is 25.8 Å². The summed E-state index contributed by atoms with van der Waals surface area (Å²) in [7, 11) is 1.88. The highest BCUT2D eigenvalue weighted by Gasteiger charge is 2.09. The molecule has 8 nitrogen and oxygen atoms in total. The number of hydrogen-bond donors (Lipinski definition) is 1. The van der Waals surface area contributed by atoms with Gasteiger partial charge in [-0.25, -0.2) is 4.68 Å². The number of hydrogen-bond acceptors (Lipinski definition) is 6. The van der Waals surface area contributed by atoms with Crippen LogP contribution in [0.15, 0.2) is 47.8 Å². The Labute approximate surface area is 144 Å². The molecule has 3 aromatic rings. The zero-order valence-corrected chi connectivity index (χ0v) is 13.7. The van der Waals surface area contributed by atoms with E-state index in [2.05, 4.69) is 20.7 Å². The highest BCUT2D eigenvalue weighted by Crippen LogP contribution is 2.21. The molecule has 1 aromatic carbocycles. The van der Waals surface area contributed by atoms with E-state index in [0.717, 1.165) is 22.6 Å². The minimum absolute atomic E-state index is 0.229. The minimum atomic E-state index is -0.229. The van der Waals surface area contributed by atoms with E-state index >= 15 is 0 Å². The number of nitrogens with one attached hydrogen (secondary N) is 1. The van der Waals surface area contributed by atoms with Crippen molar-refractivity contribution < 1.29 is 0 Å². The lowest BCUT2D eigenvalue weighted by Crippen LogP contribution is -1.98. The number of aromatic nitrogens is 4. The standard InChI is InChI=1S/C17H14N8/c1-12-16(11-24(2)22-12)17-7-8-25(23-17)15-5-3-13(4-6-15)20-21-14(9-18)10-19/h3-8,11,20H,1-2H3. The third-order valence-electron chi connectivity index (χ3n) is 3.52. The minimum Gasteiger partial charge on any atom is -0.277 e. The molecule has 0 aliphatic rings. The van der Waals surface area contributed by atoms with Gasteiger partial charge in [-0.3, -0.25) is 10.1 Å². The first-order valence-electron chi connectivity index (χ1n) is 7.41. The van der Waals surface area contributed by atoms with Crippen molar-refractivity contribution in [3.8, 4) is 29.1 Å². The van der Waals surface area contributed by atoms with Crippen molar-refractivity contribution in [2.45, 2.75) is 6.92 Å². The quantitative estimate of drug-likeness (QED) is 0.584. The first kappa shape index (κ1) is 16.0. The van der Waals surface area contributed by atoms with E-state index in [1.54, 1.807) is 33.6 Å². The maximum absolute atomic E-state index is 8.65. The summed E-state index contributed by atoms with van der Waals surface area (Å²) in [5.41, 5.74) is 6.76. The molecule has 0 spiro atoms. The normalized spacial score (nSPS) is 9.92. The van der Waals surface area contributed by atoms with Crippen LogP contribution in [0, 0.1) is 29.6 Å². The lowest BCUT2D eigenvalue weighted by atomic mass is 10.2. The second kappa shape index (κ2) is 6.69. The van der Waals surface area contributed by atoms with Crippen LogP contribution in [0.5, 0.6) is 0 Å². The van der Waals surface area contributed by atoms with Crippen molar-refractivity contribution in [3.63, 3.8) is 0 Å². The molecule has 2 heterocycles. The molecule has 0 atom stereocenters. The monoisotopic (exact) mass is 330 g/mol. The van der Waals surface area contributed by atoms with Gasteiger partial charge in [0.25, 0.3) is 0 Å². The molecule has 0 fully saturated rings. The molecule has 3 rings (SSSR count). The van der Waals surface area contributed by atoms with E-state index in [9.17, 15) is 0 Å². The molecular formula is C17H14N8. The molecule has 0 bridgehead atoms. The molecule has 122 valence electrons. The van der Waals surface area contributed by atoms with E-state index in [0.29, 0.717) is 5.69 Å². The zero-order valence-electron chi connectivity index (χ0n) is 13.7. The van der Waals surface area contributed by atoms with Gasteiger partial charge < -0.3 is 0 Å². The number of nitriles is 2. The summed E-state index contributed by atoms with van der Waals surface area (Å²) in [6.07, 6.45) is 3.82. The van der Waals surface area contributed by atoms with Gasteiger partial charge in [-0.05, 0) is 37.3 Å². The van der Waals surface area contributed by atoms with Gasteiger partial charge in [-0.15, -0.1) is 0 Å². The molecular weight excluding hydrogens is 316 g/mol. The summed E-state index contributed by atoms with van der Waals surface area (Å²) in [6, 6.07) is 12.6. The van der Waals surface area contributed by atoms with Gasteiger partial charge in [0.05, 0.1) is 22.8 Å². The smallest absolute Gasteiger partial charge is 0.237 e. The SMILES string of the molecule is Cc1nn(C)cc1-c1ccn(-c2ccc(NN=C(C#N)C#N)cc2)n1. The average molecular weight is 330 g/mol. The van der Waals surface area contributed by atoms with Crippen LogP contribution in [0.25, 0.3) is 16.9 Å². The average Bonchev–Trinajstić information content (AvgIpc) is 3.22. The highest BCUT2D eigenvalue weighted by atomic mass is 15.3. The molecule has 0 saturated heterocycles. The first-order chi connectivity index (χ1) is 12.1. The number of benzene rings is 1. The lowest BCUT2D eigenvalue weighted by Gasteiger charge is -2.03. The van der Waals surface area contributed by atoms with Crippen LogP contribution in [0.3, 0.4) is 0 Å². The summed E-state index contributed by atoms with van der Waals surface area (Å²) in [4.78, 5) is 0. The van der Waals surface area contributed by atoms with Crippen LogP contribution >= 0.6 is 0 Å². The molecule has 1 N–H and O–H groups in total. The summed E-state index contributed by atoms with van der Waals surface area (Å²) < 4.78 is 3.53. The number of nitrogens with zero attached hydrogens (tertiary/aromatic N) is 7. The van der Waals surface area contributed by atoms with Crippen LogP contribution in [-0.4, -0.2) is 25.3 Å². The third kappa shape index (κ3) is 3.38. The largest absolute Gasteiger partial charge is 0.277 e. The molecule has 0 amide bonds. The second-order valence-corrected chi connectivity index (χ2v) is 5.29. The van der Waals surface area contributed by atoms with Gasteiger partial charge in [0.2, 0.25) is 5.71 Å². The third-order valence-corrected chi connectivity index (χ3v) is 3.52. The molecule has 0 aliphatic heterocycles. The Morgan fingerprint density at radius 3 is 2.44 bits per heavy atom. The fraction of sp³-hybridized carbons (Fsp3) is 0.118. The van der Waals surface area contributed by atoms with Crippen molar-refractivity contribution in [1.82, 2.24) is 19.6 Å². The van der Waals surface area contributed by atoms with Gasteiger partial charge in [0.15, 0.2) is 0 Å². The number of anilines is 1. The Balaban J connectivity index is 1.80. The predicted octanol–water partition coefficient (Wildman–Crippen LogP) is 2.40. The Morgan fingerprint density at radius 1 is 1.12 bits per heavy atom. The van der Waals surface area contributed by atoms with Crippen molar-refractivity contribution in [1.29, 1.82) is 10.5 Å². The topological polar surface area (TPSA) is 108 Å². The predicted molar refractivity (Wildman–Crippen MR) is 92.8 cm³/mol. The lowest BCUT2D eigenvalue weighted by molar-refractivity contribution is 0.756. The maximum Gasteiger partial charge on any atom is 0.237 e. The van der Waals surface area contributed by atoms with Gasteiger partial charge >= 0.3 is 0 Å². The Kier molecular flexibility index (Phi) is 4.27. The number of hydrazone groups is 1. The molecule has 2 aromatic heterocycles. The molecule has 0 unspecified atom stereocenters. The Bertz CT molecular complexity index is 992. The summed E-state index contributed by atoms with van der Waals surface area (Å²) in [5.74, 6) is 0. The van der Waals surface area contributed by atoms with Crippen molar-refractivity contribution >= 4 is 11.4 Å². The fourth-order valence-electron chi connectivity index (χ4n) is 2.35. The number of aryl methyl sites for hydroxylation is 2. The molecule has 0 radical (unpaired) electrons. The Morgan fingerprint density at radius 2 is 1.84 bits per heavy atom. The van der Waals surface area contributed by atoms with E-state index in [1.807, 2.05) is 44.6 Å². The van der Waals surface area contributed by atoms with Crippen LogP contribution in [0.4, 0.5) is 5.69 Å². The highest BCUT2D eigenvalue weighted by molar-refractivity contribution is 6.10.